The van der Waals surface area contributed by atoms with E-state index in [0.717, 1.165) is 21.5 Å². The van der Waals surface area contributed by atoms with Gasteiger partial charge in [0.25, 0.3) is 0 Å². The molecule has 0 aliphatic rings. The molecular weight excluding hydrogens is 300 g/mol. The first-order valence-corrected chi connectivity index (χ1v) is 8.61. The molecule has 0 bridgehead atoms. The molecule has 0 fully saturated rings. The first kappa shape index (κ1) is 14.1. The molecule has 3 aromatic rings. The molecule has 2 aromatic carbocycles. The summed E-state index contributed by atoms with van der Waals surface area (Å²) >= 11 is 3.27. The number of fused-ring (bicyclic) bond motifs is 1. The molecule has 0 aliphatic heterocycles. The molecule has 0 saturated carbocycles. The number of carbonyl (C=O) groups excluding carboxylic acids is 1. The first-order valence-electron chi connectivity index (χ1n) is 6.50. The van der Waals surface area contributed by atoms with E-state index in [4.69, 9.17) is 0 Å². The van der Waals surface area contributed by atoms with Crippen molar-refractivity contribution in [2.45, 2.75) is 11.3 Å². The maximum absolute atomic E-state index is 12.1. The minimum atomic E-state index is -0.00392. The third-order valence-electron chi connectivity index (χ3n) is 3.14. The normalized spacial score (nSPS) is 10.7. The number of hydrogen-bond acceptors (Lipinski definition) is 4. The summed E-state index contributed by atoms with van der Waals surface area (Å²) in [6.45, 7) is 0. The second kappa shape index (κ2) is 6.28. The van der Waals surface area contributed by atoms with Gasteiger partial charge in [0.15, 0.2) is 0 Å². The summed E-state index contributed by atoms with van der Waals surface area (Å²) in [5.74, 6) is -0.00392. The molecule has 1 aromatic heterocycles. The van der Waals surface area contributed by atoms with Crippen LogP contribution in [0.1, 0.15) is 5.56 Å². The molecule has 0 unspecified atom stereocenters. The second-order valence-electron chi connectivity index (χ2n) is 4.61. The third-order valence-corrected chi connectivity index (χ3v) is 4.67. The van der Waals surface area contributed by atoms with Crippen molar-refractivity contribution in [3.63, 3.8) is 0 Å². The van der Waals surface area contributed by atoms with Crippen LogP contribution in [0.5, 0.6) is 0 Å². The maximum Gasteiger partial charge on any atom is 0.228 e. The van der Waals surface area contributed by atoms with Gasteiger partial charge in [0, 0.05) is 10.6 Å². The lowest BCUT2D eigenvalue weighted by Crippen LogP contribution is -2.14. The Kier molecular flexibility index (Phi) is 4.22. The number of thioether (sulfide) groups is 1. The highest BCUT2D eigenvalue weighted by Gasteiger charge is 2.05. The van der Waals surface area contributed by atoms with Gasteiger partial charge in [-0.25, -0.2) is 4.98 Å². The van der Waals surface area contributed by atoms with Crippen LogP contribution in [-0.2, 0) is 11.2 Å². The van der Waals surface area contributed by atoms with Crippen molar-refractivity contribution in [1.82, 2.24) is 4.98 Å². The largest absolute Gasteiger partial charge is 0.326 e. The molecule has 0 aliphatic carbocycles. The van der Waals surface area contributed by atoms with Crippen LogP contribution >= 0.6 is 23.1 Å². The standard InChI is InChI=1S/C16H14N2OS2/c1-20-13-5-2-11(3-6-13)8-16(19)18-12-4-7-14-15(9-12)21-10-17-14/h2-7,9-10H,8H2,1H3,(H,18,19). The number of carbonyl (C=O) groups is 1. The van der Waals surface area contributed by atoms with E-state index in [2.05, 4.69) is 10.3 Å². The minimum absolute atomic E-state index is 0.00392. The average Bonchev–Trinajstić information content (AvgIpc) is 2.95. The van der Waals surface area contributed by atoms with Crippen LogP contribution in [-0.4, -0.2) is 17.1 Å². The van der Waals surface area contributed by atoms with E-state index in [1.807, 2.05) is 54.2 Å². The summed E-state index contributed by atoms with van der Waals surface area (Å²) in [6.07, 6.45) is 2.42. The third kappa shape index (κ3) is 3.43. The van der Waals surface area contributed by atoms with E-state index in [-0.39, 0.29) is 5.91 Å². The van der Waals surface area contributed by atoms with Crippen LogP contribution in [0.4, 0.5) is 5.69 Å². The van der Waals surface area contributed by atoms with E-state index in [1.165, 1.54) is 4.90 Å². The fourth-order valence-corrected chi connectivity index (χ4v) is 3.19. The van der Waals surface area contributed by atoms with Crippen LogP contribution in [0, 0.1) is 0 Å². The molecule has 1 amide bonds. The number of aromatic nitrogens is 1. The van der Waals surface area contributed by atoms with Gasteiger partial charge in [-0.15, -0.1) is 23.1 Å². The lowest BCUT2D eigenvalue weighted by atomic mass is 10.1. The summed E-state index contributed by atoms with van der Waals surface area (Å²) in [6, 6.07) is 13.8. The Morgan fingerprint density at radius 3 is 2.81 bits per heavy atom. The van der Waals surface area contributed by atoms with Gasteiger partial charge in [-0.3, -0.25) is 4.79 Å². The van der Waals surface area contributed by atoms with Gasteiger partial charge in [-0.1, -0.05) is 12.1 Å². The Morgan fingerprint density at radius 2 is 2.05 bits per heavy atom. The number of rotatable bonds is 4. The van der Waals surface area contributed by atoms with Gasteiger partial charge < -0.3 is 5.32 Å². The summed E-state index contributed by atoms with van der Waals surface area (Å²) in [5.41, 5.74) is 4.61. The number of benzene rings is 2. The average molecular weight is 314 g/mol. The molecule has 0 spiro atoms. The van der Waals surface area contributed by atoms with Crippen molar-refractivity contribution in [2.75, 3.05) is 11.6 Å². The Labute approximate surface area is 131 Å². The fraction of sp³-hybridized carbons (Fsp3) is 0.125. The van der Waals surface area contributed by atoms with E-state index in [9.17, 15) is 4.79 Å². The van der Waals surface area contributed by atoms with Gasteiger partial charge in [0.05, 0.1) is 22.1 Å². The Morgan fingerprint density at radius 1 is 1.24 bits per heavy atom. The minimum Gasteiger partial charge on any atom is -0.326 e. The Bertz CT molecular complexity index is 765. The summed E-state index contributed by atoms with van der Waals surface area (Å²) in [5, 5.41) is 2.94. The highest BCUT2D eigenvalue weighted by atomic mass is 32.2. The predicted molar refractivity (Wildman–Crippen MR) is 90.2 cm³/mol. The Hall–Kier alpha value is -1.85. The lowest BCUT2D eigenvalue weighted by molar-refractivity contribution is -0.115. The van der Waals surface area contributed by atoms with E-state index >= 15 is 0 Å². The number of anilines is 1. The van der Waals surface area contributed by atoms with Gasteiger partial charge in [0.1, 0.15) is 0 Å². The molecule has 3 rings (SSSR count). The van der Waals surface area contributed by atoms with Crippen molar-refractivity contribution >= 4 is 44.9 Å². The first-order chi connectivity index (χ1) is 10.2. The molecule has 0 atom stereocenters. The number of thiazole rings is 1. The zero-order valence-corrected chi connectivity index (χ0v) is 13.1. The molecular formula is C16H14N2OS2. The van der Waals surface area contributed by atoms with Gasteiger partial charge in [-0.2, -0.15) is 0 Å². The Balaban J connectivity index is 1.67. The zero-order chi connectivity index (χ0) is 14.7. The van der Waals surface area contributed by atoms with Crippen molar-refractivity contribution in [1.29, 1.82) is 0 Å². The van der Waals surface area contributed by atoms with Crippen LogP contribution in [0.2, 0.25) is 0 Å². The maximum atomic E-state index is 12.1. The van der Waals surface area contributed by atoms with E-state index in [1.54, 1.807) is 23.1 Å². The number of nitrogens with zero attached hydrogens (tertiary/aromatic N) is 1. The van der Waals surface area contributed by atoms with Gasteiger partial charge in [0.2, 0.25) is 5.91 Å². The molecule has 0 radical (unpaired) electrons. The van der Waals surface area contributed by atoms with Crippen LogP contribution in [0.3, 0.4) is 0 Å². The van der Waals surface area contributed by atoms with Crippen LogP contribution in [0.15, 0.2) is 52.9 Å². The van der Waals surface area contributed by atoms with Crippen LogP contribution in [0.25, 0.3) is 10.2 Å². The summed E-state index contributed by atoms with van der Waals surface area (Å²) in [7, 11) is 0. The smallest absolute Gasteiger partial charge is 0.228 e. The van der Waals surface area contributed by atoms with Crippen molar-refractivity contribution in [2.24, 2.45) is 0 Å². The quantitative estimate of drug-likeness (QED) is 0.734. The van der Waals surface area contributed by atoms with Crippen molar-refractivity contribution in [3.8, 4) is 0 Å². The number of amides is 1. The van der Waals surface area contributed by atoms with Gasteiger partial charge in [-0.05, 0) is 42.2 Å². The fourth-order valence-electron chi connectivity index (χ4n) is 2.07. The molecule has 1 N–H and O–H groups in total. The van der Waals surface area contributed by atoms with Crippen LogP contribution < -0.4 is 5.32 Å². The van der Waals surface area contributed by atoms with Crippen molar-refractivity contribution in [3.05, 3.63) is 53.5 Å². The van der Waals surface area contributed by atoms with E-state index < -0.39 is 0 Å². The van der Waals surface area contributed by atoms with Gasteiger partial charge >= 0.3 is 0 Å². The second-order valence-corrected chi connectivity index (χ2v) is 6.37. The predicted octanol–water partition coefficient (Wildman–Crippen LogP) is 4.20. The van der Waals surface area contributed by atoms with E-state index in [0.29, 0.717) is 6.42 Å². The molecule has 1 heterocycles. The molecule has 5 heteroatoms. The monoisotopic (exact) mass is 314 g/mol. The summed E-state index contributed by atoms with van der Waals surface area (Å²) < 4.78 is 1.08. The molecule has 21 heavy (non-hydrogen) atoms. The lowest BCUT2D eigenvalue weighted by Gasteiger charge is -2.06. The number of nitrogens with one attached hydrogen (secondary N) is 1. The molecule has 3 nitrogen and oxygen atoms in total. The highest BCUT2D eigenvalue weighted by molar-refractivity contribution is 7.98. The number of hydrogen-bond donors (Lipinski definition) is 1. The highest BCUT2D eigenvalue weighted by Crippen LogP contribution is 2.22. The topological polar surface area (TPSA) is 42.0 Å². The SMILES string of the molecule is CSc1ccc(CC(=O)Nc2ccc3ncsc3c2)cc1. The van der Waals surface area contributed by atoms with Crippen molar-refractivity contribution < 1.29 is 4.79 Å². The molecule has 0 saturated heterocycles. The summed E-state index contributed by atoms with van der Waals surface area (Å²) in [4.78, 5) is 17.5. The molecule has 106 valence electrons. The zero-order valence-electron chi connectivity index (χ0n) is 11.5.